The third-order valence-corrected chi connectivity index (χ3v) is 1.85. The second-order valence-electron chi connectivity index (χ2n) is 2.94. The second-order valence-corrected chi connectivity index (χ2v) is 2.94. The Labute approximate surface area is 77.4 Å². The molecule has 3 nitrogen and oxygen atoms in total. The lowest BCUT2D eigenvalue weighted by Gasteiger charge is -1.99. The minimum absolute atomic E-state index is 0.0758. The summed E-state index contributed by atoms with van der Waals surface area (Å²) in [6, 6.07) is 1.66. The van der Waals surface area contributed by atoms with Crippen LogP contribution in [0.3, 0.4) is 0 Å². The van der Waals surface area contributed by atoms with Crippen LogP contribution in [0.5, 0.6) is 0 Å². The van der Waals surface area contributed by atoms with Crippen molar-refractivity contribution in [2.45, 2.75) is 6.92 Å². The van der Waals surface area contributed by atoms with E-state index in [0.717, 1.165) is 6.07 Å². The van der Waals surface area contributed by atoms with Crippen molar-refractivity contribution < 1.29 is 8.78 Å². The molecular weight excluding hydrogens is 190 g/mol. The Bertz CT molecular complexity index is 562. The van der Waals surface area contributed by atoms with Crippen LogP contribution in [0.4, 0.5) is 8.78 Å². The van der Waals surface area contributed by atoms with Gasteiger partial charge in [0.15, 0.2) is 5.82 Å². The summed E-state index contributed by atoms with van der Waals surface area (Å²) in [5.41, 5.74) is -0.640. The van der Waals surface area contributed by atoms with Gasteiger partial charge in [0, 0.05) is 6.07 Å². The van der Waals surface area contributed by atoms with Crippen LogP contribution in [0.15, 0.2) is 16.9 Å². The minimum Gasteiger partial charge on any atom is -0.310 e. The van der Waals surface area contributed by atoms with Crippen LogP contribution in [0.25, 0.3) is 10.9 Å². The normalized spacial score (nSPS) is 10.8. The molecule has 0 radical (unpaired) electrons. The van der Waals surface area contributed by atoms with Crippen molar-refractivity contribution >= 4 is 10.9 Å². The molecule has 0 aliphatic carbocycles. The molecule has 1 heterocycles. The number of nitrogens with one attached hydrogen (secondary N) is 1. The number of H-pyrrole nitrogens is 1. The van der Waals surface area contributed by atoms with Gasteiger partial charge in [0.05, 0.1) is 5.39 Å². The Hall–Kier alpha value is -1.78. The summed E-state index contributed by atoms with van der Waals surface area (Å²) >= 11 is 0. The number of rotatable bonds is 0. The molecule has 1 aromatic heterocycles. The van der Waals surface area contributed by atoms with Gasteiger partial charge >= 0.3 is 0 Å². The standard InChI is InChI=1S/C9H6F2N2O/c1-4-12-8-6(9(14)13-4)2-5(10)3-7(8)11/h2-3H,1H3,(H,12,13,14). The molecule has 2 rings (SSSR count). The third-order valence-electron chi connectivity index (χ3n) is 1.85. The van der Waals surface area contributed by atoms with Crippen molar-refractivity contribution in [1.82, 2.24) is 9.97 Å². The SMILES string of the molecule is Cc1nc2c(F)cc(F)cc2c(=O)[nH]1. The van der Waals surface area contributed by atoms with Gasteiger partial charge in [-0.3, -0.25) is 4.79 Å². The average molecular weight is 196 g/mol. The van der Waals surface area contributed by atoms with E-state index >= 15 is 0 Å². The van der Waals surface area contributed by atoms with Gasteiger partial charge in [0.2, 0.25) is 0 Å². The molecular formula is C9H6F2N2O. The van der Waals surface area contributed by atoms with Gasteiger partial charge in [0.1, 0.15) is 17.2 Å². The van der Waals surface area contributed by atoms with Crippen molar-refractivity contribution in [2.24, 2.45) is 0 Å². The molecule has 0 bridgehead atoms. The predicted octanol–water partition coefficient (Wildman–Crippen LogP) is 1.51. The Morgan fingerprint density at radius 2 is 2.07 bits per heavy atom. The Kier molecular flexibility index (Phi) is 1.80. The van der Waals surface area contributed by atoms with Gasteiger partial charge in [-0.2, -0.15) is 0 Å². The first kappa shape index (κ1) is 8.80. The first-order valence-electron chi connectivity index (χ1n) is 3.93. The smallest absolute Gasteiger partial charge is 0.258 e. The quantitative estimate of drug-likeness (QED) is 0.694. The topological polar surface area (TPSA) is 45.8 Å². The van der Waals surface area contributed by atoms with Crippen LogP contribution in [-0.2, 0) is 0 Å². The Morgan fingerprint density at radius 3 is 2.79 bits per heavy atom. The number of nitrogens with zero attached hydrogens (tertiary/aromatic N) is 1. The summed E-state index contributed by atoms with van der Waals surface area (Å²) in [6.45, 7) is 1.53. The summed E-state index contributed by atoms with van der Waals surface area (Å²) in [6.07, 6.45) is 0. The van der Waals surface area contributed by atoms with Crippen molar-refractivity contribution in [3.63, 3.8) is 0 Å². The second kappa shape index (κ2) is 2.87. The van der Waals surface area contributed by atoms with E-state index in [1.807, 2.05) is 0 Å². The molecule has 72 valence electrons. The van der Waals surface area contributed by atoms with Gasteiger partial charge in [-0.1, -0.05) is 0 Å². The van der Waals surface area contributed by atoms with Crippen LogP contribution in [0.1, 0.15) is 5.82 Å². The zero-order valence-electron chi connectivity index (χ0n) is 7.27. The molecule has 0 saturated carbocycles. The van der Waals surface area contributed by atoms with Gasteiger partial charge < -0.3 is 4.98 Å². The van der Waals surface area contributed by atoms with Crippen LogP contribution < -0.4 is 5.56 Å². The van der Waals surface area contributed by atoms with E-state index in [4.69, 9.17) is 0 Å². The molecule has 0 aliphatic heterocycles. The molecule has 0 saturated heterocycles. The molecule has 0 fully saturated rings. The number of fused-ring (bicyclic) bond motifs is 1. The number of benzene rings is 1. The summed E-state index contributed by atoms with van der Waals surface area (Å²) < 4.78 is 25.9. The highest BCUT2D eigenvalue weighted by Gasteiger charge is 2.08. The summed E-state index contributed by atoms with van der Waals surface area (Å²) in [7, 11) is 0. The van der Waals surface area contributed by atoms with Gasteiger partial charge in [-0.15, -0.1) is 0 Å². The van der Waals surface area contributed by atoms with Gasteiger partial charge in [0.25, 0.3) is 5.56 Å². The molecule has 5 heteroatoms. The predicted molar refractivity (Wildman–Crippen MR) is 47.0 cm³/mol. The van der Waals surface area contributed by atoms with E-state index in [2.05, 4.69) is 9.97 Å². The monoisotopic (exact) mass is 196 g/mol. The molecule has 0 amide bonds. The molecule has 0 spiro atoms. The molecule has 0 aliphatic rings. The highest BCUT2D eigenvalue weighted by molar-refractivity contribution is 5.78. The van der Waals surface area contributed by atoms with E-state index in [1.165, 1.54) is 6.92 Å². The summed E-state index contributed by atoms with van der Waals surface area (Å²) in [4.78, 5) is 17.4. The van der Waals surface area contributed by atoms with Crippen LogP contribution in [-0.4, -0.2) is 9.97 Å². The molecule has 0 atom stereocenters. The maximum Gasteiger partial charge on any atom is 0.258 e. The zero-order valence-corrected chi connectivity index (χ0v) is 7.27. The number of hydrogen-bond donors (Lipinski definition) is 1. The first-order chi connectivity index (χ1) is 6.58. The van der Waals surface area contributed by atoms with Crippen LogP contribution in [0, 0.1) is 18.6 Å². The zero-order chi connectivity index (χ0) is 10.3. The fourth-order valence-electron chi connectivity index (χ4n) is 1.28. The largest absolute Gasteiger partial charge is 0.310 e. The third kappa shape index (κ3) is 1.26. The van der Waals surface area contributed by atoms with Crippen molar-refractivity contribution in [3.8, 4) is 0 Å². The highest BCUT2D eigenvalue weighted by atomic mass is 19.1. The molecule has 1 aromatic carbocycles. The number of halogens is 2. The number of aromatic amines is 1. The number of aromatic nitrogens is 2. The lowest BCUT2D eigenvalue weighted by atomic mass is 10.2. The van der Waals surface area contributed by atoms with E-state index < -0.39 is 17.2 Å². The fourth-order valence-corrected chi connectivity index (χ4v) is 1.28. The van der Waals surface area contributed by atoms with Crippen molar-refractivity contribution in [2.75, 3.05) is 0 Å². The van der Waals surface area contributed by atoms with Crippen LogP contribution in [0.2, 0.25) is 0 Å². The van der Waals surface area contributed by atoms with Gasteiger partial charge in [-0.05, 0) is 13.0 Å². The van der Waals surface area contributed by atoms with Crippen molar-refractivity contribution in [3.05, 3.63) is 39.9 Å². The summed E-state index contributed by atoms with van der Waals surface area (Å²) in [5.74, 6) is -1.31. The van der Waals surface area contributed by atoms with E-state index in [-0.39, 0.29) is 10.9 Å². The average Bonchev–Trinajstić information content (AvgIpc) is 2.07. The van der Waals surface area contributed by atoms with Crippen molar-refractivity contribution in [1.29, 1.82) is 0 Å². The molecule has 0 unspecified atom stereocenters. The van der Waals surface area contributed by atoms with Gasteiger partial charge in [-0.25, -0.2) is 13.8 Å². The van der Waals surface area contributed by atoms with E-state index in [1.54, 1.807) is 0 Å². The highest BCUT2D eigenvalue weighted by Crippen LogP contribution is 2.13. The maximum atomic E-state index is 13.2. The minimum atomic E-state index is -0.825. The maximum absolute atomic E-state index is 13.2. The fraction of sp³-hybridized carbons (Fsp3) is 0.111. The summed E-state index contributed by atoms with van der Waals surface area (Å²) in [5, 5.41) is -0.0758. The molecule has 1 N–H and O–H groups in total. The Morgan fingerprint density at radius 1 is 1.36 bits per heavy atom. The lowest BCUT2D eigenvalue weighted by molar-refractivity contribution is 0.589. The molecule has 2 aromatic rings. The lowest BCUT2D eigenvalue weighted by Crippen LogP contribution is -2.10. The number of aryl methyl sites for hydroxylation is 1. The van der Waals surface area contributed by atoms with E-state index in [0.29, 0.717) is 11.9 Å². The Balaban J connectivity index is 3.02. The first-order valence-corrected chi connectivity index (χ1v) is 3.93. The van der Waals surface area contributed by atoms with E-state index in [9.17, 15) is 13.6 Å². The van der Waals surface area contributed by atoms with Crippen LogP contribution >= 0.6 is 0 Å². The number of hydrogen-bond acceptors (Lipinski definition) is 2. The molecule has 14 heavy (non-hydrogen) atoms.